The first kappa shape index (κ1) is 22.2. The van der Waals surface area contributed by atoms with Crippen LogP contribution in [0.4, 0.5) is 11.6 Å². The summed E-state index contributed by atoms with van der Waals surface area (Å²) in [6, 6.07) is 15.0. The van der Waals surface area contributed by atoms with Gasteiger partial charge in [0.15, 0.2) is 0 Å². The molecule has 9 heteroatoms. The number of amides is 1. The van der Waals surface area contributed by atoms with Gasteiger partial charge in [-0.1, -0.05) is 12.1 Å². The van der Waals surface area contributed by atoms with E-state index in [1.165, 1.54) is 24.3 Å². The Morgan fingerprint density at radius 1 is 0.968 bits per heavy atom. The van der Waals surface area contributed by atoms with Gasteiger partial charge < -0.3 is 10.1 Å². The third kappa shape index (κ3) is 6.26. The number of aryl methyl sites for hydroxylation is 2. The molecular formula is C22H24N4O4S. The number of ether oxygens (including phenoxy) is 1. The van der Waals surface area contributed by atoms with Gasteiger partial charge in [0.2, 0.25) is 11.9 Å². The number of carbonyl (C=O) groups is 1. The normalized spacial score (nSPS) is 11.1. The molecule has 3 rings (SSSR count). The first-order valence-electron chi connectivity index (χ1n) is 9.72. The number of nitrogens with zero attached hydrogens (tertiary/aromatic N) is 2. The molecule has 0 spiro atoms. The molecule has 0 saturated carbocycles. The molecule has 0 fully saturated rings. The predicted octanol–water partition coefficient (Wildman–Crippen LogP) is 3.47. The van der Waals surface area contributed by atoms with Crippen LogP contribution in [-0.2, 0) is 21.2 Å². The summed E-state index contributed by atoms with van der Waals surface area (Å²) in [6.07, 6.45) is 0.193. The van der Waals surface area contributed by atoms with Gasteiger partial charge in [-0.3, -0.25) is 4.79 Å². The molecule has 8 nitrogen and oxygen atoms in total. The zero-order valence-electron chi connectivity index (χ0n) is 17.5. The van der Waals surface area contributed by atoms with Gasteiger partial charge in [0.1, 0.15) is 5.75 Å². The minimum atomic E-state index is -3.85. The Bertz CT molecular complexity index is 1140. The molecule has 0 unspecified atom stereocenters. The van der Waals surface area contributed by atoms with Crippen LogP contribution in [-0.4, -0.2) is 30.9 Å². The minimum absolute atomic E-state index is 0.0187. The molecule has 0 bridgehead atoms. The first-order valence-corrected chi connectivity index (χ1v) is 11.2. The van der Waals surface area contributed by atoms with Gasteiger partial charge in [-0.15, -0.1) is 0 Å². The van der Waals surface area contributed by atoms with E-state index in [9.17, 15) is 13.2 Å². The van der Waals surface area contributed by atoms with Crippen molar-refractivity contribution in [1.82, 2.24) is 9.97 Å². The Labute approximate surface area is 181 Å². The molecule has 1 heterocycles. The zero-order valence-corrected chi connectivity index (χ0v) is 18.4. The molecule has 0 atom stereocenters. The number of sulfonamides is 1. The van der Waals surface area contributed by atoms with Crippen LogP contribution in [0, 0.1) is 13.8 Å². The predicted molar refractivity (Wildman–Crippen MR) is 119 cm³/mol. The average Bonchev–Trinajstić information content (AvgIpc) is 2.69. The SMILES string of the molecule is CCOc1ccc(CC(=O)Nc2ccc(S(=O)(=O)Nc3nc(C)cc(C)n3)cc2)cc1. The summed E-state index contributed by atoms with van der Waals surface area (Å²) in [7, 11) is -3.85. The van der Waals surface area contributed by atoms with Crippen molar-refractivity contribution in [3.8, 4) is 5.75 Å². The average molecular weight is 441 g/mol. The van der Waals surface area contributed by atoms with Crippen LogP contribution in [0.1, 0.15) is 23.9 Å². The molecule has 0 aliphatic carbocycles. The maximum absolute atomic E-state index is 12.6. The Balaban J connectivity index is 1.63. The van der Waals surface area contributed by atoms with Crippen molar-refractivity contribution in [2.45, 2.75) is 32.1 Å². The Hall–Kier alpha value is -3.46. The molecule has 2 aromatic carbocycles. The molecule has 31 heavy (non-hydrogen) atoms. The van der Waals surface area contributed by atoms with Crippen molar-refractivity contribution < 1.29 is 17.9 Å². The summed E-state index contributed by atoms with van der Waals surface area (Å²) >= 11 is 0. The summed E-state index contributed by atoms with van der Waals surface area (Å²) in [6.45, 7) is 6.01. The number of hydrogen-bond acceptors (Lipinski definition) is 6. The van der Waals surface area contributed by atoms with Gasteiger partial charge in [-0.2, -0.15) is 0 Å². The van der Waals surface area contributed by atoms with E-state index in [4.69, 9.17) is 4.74 Å². The van der Waals surface area contributed by atoms with E-state index in [0.717, 1.165) is 11.3 Å². The topological polar surface area (TPSA) is 110 Å². The lowest BCUT2D eigenvalue weighted by Gasteiger charge is -2.10. The second kappa shape index (κ2) is 9.57. The molecule has 1 aromatic heterocycles. The van der Waals surface area contributed by atoms with Crippen molar-refractivity contribution in [3.63, 3.8) is 0 Å². The van der Waals surface area contributed by atoms with Gasteiger partial charge in [0.25, 0.3) is 10.0 Å². The molecular weight excluding hydrogens is 416 g/mol. The van der Waals surface area contributed by atoms with Gasteiger partial charge in [0.05, 0.1) is 17.9 Å². The second-order valence-corrected chi connectivity index (χ2v) is 8.59. The van der Waals surface area contributed by atoms with Crippen LogP contribution in [0.25, 0.3) is 0 Å². The van der Waals surface area contributed by atoms with Crippen molar-refractivity contribution in [3.05, 3.63) is 71.5 Å². The summed E-state index contributed by atoms with van der Waals surface area (Å²) in [5, 5.41) is 2.76. The molecule has 3 aromatic rings. The van der Waals surface area contributed by atoms with E-state index in [1.807, 2.05) is 31.2 Å². The smallest absolute Gasteiger partial charge is 0.264 e. The minimum Gasteiger partial charge on any atom is -0.494 e. The third-order valence-corrected chi connectivity index (χ3v) is 5.60. The number of aromatic nitrogens is 2. The summed E-state index contributed by atoms with van der Waals surface area (Å²) in [4.78, 5) is 20.5. The van der Waals surface area contributed by atoms with Gasteiger partial charge in [-0.25, -0.2) is 23.1 Å². The summed E-state index contributed by atoms with van der Waals surface area (Å²) < 4.78 is 32.9. The lowest BCUT2D eigenvalue weighted by molar-refractivity contribution is -0.115. The number of hydrogen-bond donors (Lipinski definition) is 2. The van der Waals surface area contributed by atoms with Crippen molar-refractivity contribution >= 4 is 27.6 Å². The van der Waals surface area contributed by atoms with Crippen LogP contribution in [0.15, 0.2) is 59.5 Å². The molecule has 0 saturated heterocycles. The van der Waals surface area contributed by atoms with E-state index < -0.39 is 10.0 Å². The van der Waals surface area contributed by atoms with Crippen LogP contribution in [0.3, 0.4) is 0 Å². The fourth-order valence-corrected chi connectivity index (χ4v) is 3.87. The fourth-order valence-electron chi connectivity index (χ4n) is 2.93. The maximum atomic E-state index is 12.6. The zero-order chi connectivity index (χ0) is 22.4. The number of anilines is 2. The van der Waals surface area contributed by atoms with E-state index >= 15 is 0 Å². The van der Waals surface area contributed by atoms with E-state index in [0.29, 0.717) is 23.7 Å². The summed E-state index contributed by atoms with van der Waals surface area (Å²) in [5.41, 5.74) is 2.67. The highest BCUT2D eigenvalue weighted by atomic mass is 32.2. The highest BCUT2D eigenvalue weighted by Crippen LogP contribution is 2.18. The quantitative estimate of drug-likeness (QED) is 0.555. The van der Waals surface area contributed by atoms with Crippen LogP contribution in [0.2, 0.25) is 0 Å². The highest BCUT2D eigenvalue weighted by molar-refractivity contribution is 7.92. The molecule has 0 aliphatic heterocycles. The lowest BCUT2D eigenvalue weighted by atomic mass is 10.1. The van der Waals surface area contributed by atoms with Crippen molar-refractivity contribution in [2.75, 3.05) is 16.6 Å². The lowest BCUT2D eigenvalue weighted by Crippen LogP contribution is -2.16. The number of rotatable bonds is 8. The Kier molecular flexibility index (Phi) is 6.86. The van der Waals surface area contributed by atoms with Crippen molar-refractivity contribution in [2.24, 2.45) is 0 Å². The Morgan fingerprint density at radius 2 is 1.58 bits per heavy atom. The Morgan fingerprint density at radius 3 is 2.16 bits per heavy atom. The monoisotopic (exact) mass is 440 g/mol. The number of nitrogens with one attached hydrogen (secondary N) is 2. The second-order valence-electron chi connectivity index (χ2n) is 6.91. The standard InChI is InChI=1S/C22H24N4O4S/c1-4-30-19-9-5-17(6-10-19)14-21(27)25-18-7-11-20(12-8-18)31(28,29)26-22-23-15(2)13-16(3)24-22/h5-13H,4,14H2,1-3H3,(H,25,27)(H,23,24,26). The van der Waals surface area contributed by atoms with Gasteiger partial charge >= 0.3 is 0 Å². The molecule has 0 radical (unpaired) electrons. The van der Waals surface area contributed by atoms with Crippen molar-refractivity contribution in [1.29, 1.82) is 0 Å². The number of benzene rings is 2. The highest BCUT2D eigenvalue weighted by Gasteiger charge is 2.16. The van der Waals surface area contributed by atoms with Crippen LogP contribution >= 0.6 is 0 Å². The molecule has 2 N–H and O–H groups in total. The third-order valence-electron chi connectivity index (χ3n) is 4.26. The van der Waals surface area contributed by atoms with E-state index in [2.05, 4.69) is 20.0 Å². The van der Waals surface area contributed by atoms with Gasteiger partial charge in [0, 0.05) is 17.1 Å². The van der Waals surface area contributed by atoms with Gasteiger partial charge in [-0.05, 0) is 68.8 Å². The van der Waals surface area contributed by atoms with Crippen LogP contribution < -0.4 is 14.8 Å². The molecule has 162 valence electrons. The first-order chi connectivity index (χ1) is 14.7. The van der Waals surface area contributed by atoms with E-state index in [1.54, 1.807) is 19.9 Å². The largest absolute Gasteiger partial charge is 0.494 e. The van der Waals surface area contributed by atoms with Crippen LogP contribution in [0.5, 0.6) is 5.75 Å². The fraction of sp³-hybridized carbons (Fsp3) is 0.227. The number of carbonyl (C=O) groups excluding carboxylic acids is 1. The van der Waals surface area contributed by atoms with E-state index in [-0.39, 0.29) is 23.2 Å². The molecule has 1 amide bonds. The summed E-state index contributed by atoms with van der Waals surface area (Å²) in [5.74, 6) is 0.565. The molecule has 0 aliphatic rings. The maximum Gasteiger partial charge on any atom is 0.264 e.